The summed E-state index contributed by atoms with van der Waals surface area (Å²) in [7, 11) is 0. The second-order valence-electron chi connectivity index (χ2n) is 3.19. The van der Waals surface area contributed by atoms with Crippen LogP contribution >= 0.6 is 0 Å². The largest absolute Gasteiger partial charge is 0.480 e. The molecule has 1 heterocycles. The zero-order valence-corrected chi connectivity index (χ0v) is 7.57. The summed E-state index contributed by atoms with van der Waals surface area (Å²) in [5.41, 5.74) is 0.386. The summed E-state index contributed by atoms with van der Waals surface area (Å²) in [6.07, 6.45) is 1.54. The number of hydrogen-bond donors (Lipinski definition) is 2. The van der Waals surface area contributed by atoms with Crippen molar-refractivity contribution in [2.75, 3.05) is 0 Å². The van der Waals surface area contributed by atoms with Crippen molar-refractivity contribution < 1.29 is 9.90 Å². The van der Waals surface area contributed by atoms with E-state index >= 15 is 0 Å². The Labute approximate surface area is 75.0 Å². The van der Waals surface area contributed by atoms with Crippen molar-refractivity contribution in [2.24, 2.45) is 0 Å². The summed E-state index contributed by atoms with van der Waals surface area (Å²) in [6, 6.07) is 0. The number of carboxylic acids is 1. The molecule has 0 saturated heterocycles. The summed E-state index contributed by atoms with van der Waals surface area (Å²) in [6.45, 7) is 3.56. The van der Waals surface area contributed by atoms with Gasteiger partial charge in [-0.15, -0.1) is 0 Å². The number of carbonyl (C=O) groups is 1. The number of carboxylic acid groups (broad SMARTS) is 1. The van der Waals surface area contributed by atoms with Gasteiger partial charge in [0.25, 0.3) is 0 Å². The van der Waals surface area contributed by atoms with Crippen molar-refractivity contribution >= 4 is 5.97 Å². The van der Waals surface area contributed by atoms with Gasteiger partial charge in [-0.3, -0.25) is 9.36 Å². The molecule has 0 aliphatic rings. The first-order valence-electron chi connectivity index (χ1n) is 4.02. The van der Waals surface area contributed by atoms with E-state index in [1.54, 1.807) is 6.20 Å². The standard InChI is InChI=1S/C8H12N2O3/c1-5(2)6-3-10(4-7(11)12)8(13)9-6/h3,5H,4H2,1-2H3,(H,9,13)(H,11,12). The average Bonchev–Trinajstić information content (AvgIpc) is 2.31. The fourth-order valence-corrected chi connectivity index (χ4v) is 1.01. The van der Waals surface area contributed by atoms with Gasteiger partial charge in [-0.2, -0.15) is 0 Å². The normalized spacial score (nSPS) is 10.7. The molecule has 5 nitrogen and oxygen atoms in total. The Morgan fingerprint density at radius 1 is 1.69 bits per heavy atom. The van der Waals surface area contributed by atoms with Crippen LogP contribution in [0.15, 0.2) is 11.0 Å². The third-order valence-electron chi connectivity index (χ3n) is 1.73. The number of imidazole rings is 1. The van der Waals surface area contributed by atoms with Gasteiger partial charge >= 0.3 is 11.7 Å². The molecule has 0 fully saturated rings. The van der Waals surface area contributed by atoms with E-state index in [1.807, 2.05) is 13.8 Å². The van der Waals surface area contributed by atoms with Crippen molar-refractivity contribution in [1.29, 1.82) is 0 Å². The van der Waals surface area contributed by atoms with Gasteiger partial charge in [-0.25, -0.2) is 4.79 Å². The van der Waals surface area contributed by atoms with Crippen molar-refractivity contribution in [1.82, 2.24) is 9.55 Å². The van der Waals surface area contributed by atoms with Gasteiger partial charge in [0.05, 0.1) is 0 Å². The molecule has 0 atom stereocenters. The highest BCUT2D eigenvalue weighted by Gasteiger charge is 2.08. The molecule has 0 unspecified atom stereocenters. The van der Waals surface area contributed by atoms with Crippen LogP contribution in [-0.2, 0) is 11.3 Å². The Bertz CT molecular complexity index is 362. The van der Waals surface area contributed by atoms with Gasteiger partial charge in [-0.1, -0.05) is 13.8 Å². The van der Waals surface area contributed by atoms with Crippen LogP contribution in [-0.4, -0.2) is 20.6 Å². The highest BCUT2D eigenvalue weighted by atomic mass is 16.4. The van der Waals surface area contributed by atoms with Crippen LogP contribution in [0.2, 0.25) is 0 Å². The Hall–Kier alpha value is -1.52. The molecule has 0 aliphatic heterocycles. The third kappa shape index (κ3) is 2.21. The molecule has 1 aromatic heterocycles. The quantitative estimate of drug-likeness (QED) is 0.713. The van der Waals surface area contributed by atoms with Crippen molar-refractivity contribution in [3.63, 3.8) is 0 Å². The average molecular weight is 184 g/mol. The fourth-order valence-electron chi connectivity index (χ4n) is 1.01. The summed E-state index contributed by atoms with van der Waals surface area (Å²) in [5.74, 6) is -0.820. The molecule has 72 valence electrons. The van der Waals surface area contributed by atoms with Gasteiger partial charge in [0.15, 0.2) is 0 Å². The molecule has 2 N–H and O–H groups in total. The monoisotopic (exact) mass is 184 g/mol. The third-order valence-corrected chi connectivity index (χ3v) is 1.73. The maximum absolute atomic E-state index is 11.1. The van der Waals surface area contributed by atoms with Crippen LogP contribution in [0.4, 0.5) is 0 Å². The van der Waals surface area contributed by atoms with Gasteiger partial charge in [0.1, 0.15) is 6.54 Å². The minimum atomic E-state index is -1.02. The van der Waals surface area contributed by atoms with Crippen LogP contribution in [0.3, 0.4) is 0 Å². The number of nitrogens with one attached hydrogen (secondary N) is 1. The maximum atomic E-state index is 11.1. The Morgan fingerprint density at radius 2 is 2.31 bits per heavy atom. The van der Waals surface area contributed by atoms with E-state index in [0.717, 1.165) is 10.3 Å². The molecule has 1 rings (SSSR count). The molecule has 0 aliphatic carbocycles. The molecule has 0 bridgehead atoms. The first-order chi connectivity index (χ1) is 6.00. The second kappa shape index (κ2) is 3.47. The summed E-state index contributed by atoms with van der Waals surface area (Å²) in [5, 5.41) is 8.47. The van der Waals surface area contributed by atoms with Crippen LogP contribution in [0, 0.1) is 0 Å². The van der Waals surface area contributed by atoms with E-state index in [4.69, 9.17) is 5.11 Å². The Balaban J connectivity index is 2.97. The van der Waals surface area contributed by atoms with E-state index in [2.05, 4.69) is 4.98 Å². The lowest BCUT2D eigenvalue weighted by Crippen LogP contribution is -2.20. The molecule has 0 aromatic carbocycles. The van der Waals surface area contributed by atoms with Crippen molar-refractivity contribution in [3.05, 3.63) is 22.4 Å². The minimum absolute atomic E-state index is 0.197. The predicted molar refractivity (Wildman–Crippen MR) is 46.8 cm³/mol. The molecule has 0 spiro atoms. The fraction of sp³-hybridized carbons (Fsp3) is 0.500. The van der Waals surface area contributed by atoms with Crippen LogP contribution < -0.4 is 5.69 Å². The van der Waals surface area contributed by atoms with Crippen molar-refractivity contribution in [3.8, 4) is 0 Å². The smallest absolute Gasteiger partial charge is 0.326 e. The van der Waals surface area contributed by atoms with Crippen LogP contribution in [0.1, 0.15) is 25.5 Å². The maximum Gasteiger partial charge on any atom is 0.326 e. The summed E-state index contributed by atoms with van der Waals surface area (Å²) >= 11 is 0. The second-order valence-corrected chi connectivity index (χ2v) is 3.19. The van der Waals surface area contributed by atoms with Gasteiger partial charge in [0.2, 0.25) is 0 Å². The first kappa shape index (κ1) is 9.57. The predicted octanol–water partition coefficient (Wildman–Crippen LogP) is 0.384. The van der Waals surface area contributed by atoms with Gasteiger partial charge in [0, 0.05) is 11.9 Å². The molecular weight excluding hydrogens is 172 g/mol. The number of rotatable bonds is 3. The number of nitrogens with zero attached hydrogens (tertiary/aromatic N) is 1. The zero-order valence-electron chi connectivity index (χ0n) is 7.57. The van der Waals surface area contributed by atoms with Crippen LogP contribution in [0.5, 0.6) is 0 Å². The lowest BCUT2D eigenvalue weighted by atomic mass is 10.2. The topological polar surface area (TPSA) is 75.1 Å². The number of aromatic amines is 1. The zero-order chi connectivity index (χ0) is 10.0. The SMILES string of the molecule is CC(C)c1cn(CC(=O)O)c(=O)[nH]1. The van der Waals surface area contributed by atoms with Crippen molar-refractivity contribution in [2.45, 2.75) is 26.3 Å². The van der Waals surface area contributed by atoms with E-state index in [-0.39, 0.29) is 18.2 Å². The lowest BCUT2D eigenvalue weighted by Gasteiger charge is -1.97. The Kier molecular flexibility index (Phi) is 2.55. The van der Waals surface area contributed by atoms with E-state index < -0.39 is 5.97 Å². The highest BCUT2D eigenvalue weighted by molar-refractivity contribution is 5.66. The molecular formula is C8H12N2O3. The number of aromatic nitrogens is 2. The number of H-pyrrole nitrogens is 1. The van der Waals surface area contributed by atoms with Gasteiger partial charge < -0.3 is 10.1 Å². The summed E-state index contributed by atoms with van der Waals surface area (Å²) in [4.78, 5) is 24.0. The molecule has 13 heavy (non-hydrogen) atoms. The van der Waals surface area contributed by atoms with Crippen LogP contribution in [0.25, 0.3) is 0 Å². The van der Waals surface area contributed by atoms with E-state index in [1.165, 1.54) is 0 Å². The first-order valence-corrected chi connectivity index (χ1v) is 4.02. The number of aliphatic carboxylic acids is 1. The minimum Gasteiger partial charge on any atom is -0.480 e. The molecule has 0 amide bonds. The summed E-state index contributed by atoms with van der Waals surface area (Å²) < 4.78 is 1.15. The van der Waals surface area contributed by atoms with Gasteiger partial charge in [-0.05, 0) is 5.92 Å². The highest BCUT2D eigenvalue weighted by Crippen LogP contribution is 2.08. The lowest BCUT2D eigenvalue weighted by molar-refractivity contribution is -0.137. The molecule has 1 aromatic rings. The van der Waals surface area contributed by atoms with E-state index in [9.17, 15) is 9.59 Å². The molecule has 0 saturated carbocycles. The molecule has 0 radical (unpaired) electrons. The van der Waals surface area contributed by atoms with E-state index in [0.29, 0.717) is 0 Å². The molecule has 5 heteroatoms. The Morgan fingerprint density at radius 3 is 2.69 bits per heavy atom. The number of hydrogen-bond acceptors (Lipinski definition) is 2.